The number of carbonyl (C=O) groups is 4. The van der Waals surface area contributed by atoms with Gasteiger partial charge < -0.3 is 28.7 Å². The van der Waals surface area contributed by atoms with E-state index >= 15 is 0 Å². The van der Waals surface area contributed by atoms with Crippen LogP contribution in [0.2, 0.25) is 0 Å². The molecule has 0 radical (unpaired) electrons. The van der Waals surface area contributed by atoms with Gasteiger partial charge in [-0.25, -0.2) is 9.59 Å². The number of esters is 2. The van der Waals surface area contributed by atoms with E-state index in [0.717, 1.165) is 0 Å². The quantitative estimate of drug-likeness (QED) is 0.579. The van der Waals surface area contributed by atoms with Gasteiger partial charge in [-0.3, -0.25) is 9.59 Å². The molecule has 2 heterocycles. The lowest BCUT2D eigenvalue weighted by molar-refractivity contribution is -0.141. The Morgan fingerprint density at radius 1 is 0.781 bits per heavy atom. The number of nitrogens with zero attached hydrogens (tertiary/aromatic N) is 2. The average Bonchev–Trinajstić information content (AvgIpc) is 2.80. The largest absolute Gasteiger partial charge is 0.452 e. The zero-order chi connectivity index (χ0) is 23.1. The van der Waals surface area contributed by atoms with Gasteiger partial charge >= 0.3 is 11.9 Å². The van der Waals surface area contributed by atoms with Crippen LogP contribution in [0.15, 0.2) is 24.3 Å². The van der Waals surface area contributed by atoms with Crippen molar-refractivity contribution in [1.82, 2.24) is 9.80 Å². The maximum absolute atomic E-state index is 12.2. The fourth-order valence-electron chi connectivity index (χ4n) is 3.44. The van der Waals surface area contributed by atoms with Crippen molar-refractivity contribution in [3.63, 3.8) is 0 Å². The molecular weight excluding hydrogens is 420 g/mol. The van der Waals surface area contributed by atoms with Gasteiger partial charge in [0.1, 0.15) is 0 Å². The molecule has 1 aromatic rings. The zero-order valence-corrected chi connectivity index (χ0v) is 18.3. The number of ether oxygens (including phenoxy) is 4. The molecule has 2 fully saturated rings. The molecule has 2 aliphatic rings. The summed E-state index contributed by atoms with van der Waals surface area (Å²) < 4.78 is 20.9. The van der Waals surface area contributed by atoms with E-state index in [0.29, 0.717) is 39.4 Å². The first-order valence-electron chi connectivity index (χ1n) is 10.6. The van der Waals surface area contributed by atoms with E-state index in [9.17, 15) is 19.2 Å². The Morgan fingerprint density at radius 3 is 1.50 bits per heavy atom. The van der Waals surface area contributed by atoms with E-state index in [4.69, 9.17) is 18.9 Å². The van der Waals surface area contributed by atoms with Crippen LogP contribution >= 0.6 is 0 Å². The molecule has 2 amide bonds. The van der Waals surface area contributed by atoms with Gasteiger partial charge in [-0.05, 0) is 38.1 Å². The second kappa shape index (κ2) is 11.1. The molecule has 0 saturated carbocycles. The molecule has 174 valence electrons. The van der Waals surface area contributed by atoms with Gasteiger partial charge in [0.2, 0.25) is 0 Å². The topological polar surface area (TPSA) is 112 Å². The van der Waals surface area contributed by atoms with Crippen LogP contribution in [0.25, 0.3) is 0 Å². The molecule has 1 aromatic carbocycles. The smallest absolute Gasteiger partial charge is 0.338 e. The van der Waals surface area contributed by atoms with Crippen molar-refractivity contribution < 1.29 is 38.1 Å². The van der Waals surface area contributed by atoms with Gasteiger partial charge in [0.25, 0.3) is 11.8 Å². The predicted molar refractivity (Wildman–Crippen MR) is 111 cm³/mol. The Bertz CT molecular complexity index is 772. The molecule has 2 aliphatic heterocycles. The maximum Gasteiger partial charge on any atom is 0.338 e. The van der Waals surface area contributed by atoms with E-state index in [2.05, 4.69) is 0 Å². The van der Waals surface area contributed by atoms with Crippen molar-refractivity contribution >= 4 is 23.8 Å². The number of rotatable bonds is 6. The fraction of sp³-hybridized carbons (Fsp3) is 0.545. The van der Waals surface area contributed by atoms with Gasteiger partial charge in [-0.1, -0.05) is 0 Å². The zero-order valence-electron chi connectivity index (χ0n) is 18.3. The predicted octanol–water partition coefficient (Wildman–Crippen LogP) is 0.495. The van der Waals surface area contributed by atoms with Crippen molar-refractivity contribution in [2.24, 2.45) is 0 Å². The molecule has 0 aliphatic carbocycles. The summed E-state index contributed by atoms with van der Waals surface area (Å²) in [6.45, 7) is 5.77. The molecule has 3 rings (SSSR count). The number of morpholine rings is 2. The van der Waals surface area contributed by atoms with E-state index in [1.54, 1.807) is 9.80 Å². The average molecular weight is 448 g/mol. The number of amides is 2. The van der Waals surface area contributed by atoms with Crippen molar-refractivity contribution in [2.75, 3.05) is 52.6 Å². The lowest BCUT2D eigenvalue weighted by Gasteiger charge is -2.30. The van der Waals surface area contributed by atoms with Crippen LogP contribution in [0.5, 0.6) is 0 Å². The van der Waals surface area contributed by atoms with Gasteiger partial charge in [-0.15, -0.1) is 0 Å². The Labute approximate surface area is 186 Å². The fourth-order valence-corrected chi connectivity index (χ4v) is 3.44. The number of hydrogen-bond donors (Lipinski definition) is 0. The highest BCUT2D eigenvalue weighted by Crippen LogP contribution is 2.10. The summed E-state index contributed by atoms with van der Waals surface area (Å²) in [6.07, 6.45) is -0.105. The van der Waals surface area contributed by atoms with Crippen LogP contribution in [-0.4, -0.2) is 98.4 Å². The Balaban J connectivity index is 1.44. The number of carbonyl (C=O) groups excluding carboxylic acids is 4. The van der Waals surface area contributed by atoms with E-state index < -0.39 is 11.9 Å². The van der Waals surface area contributed by atoms with Crippen LogP contribution in [0.4, 0.5) is 0 Å². The SMILES string of the molecule is CC1CN(C(=O)COC(=O)c2ccc(C(=O)OCC(=O)N3CCOC(C)C3)cc2)CCO1. The second-order valence-electron chi connectivity index (χ2n) is 7.77. The molecule has 0 bridgehead atoms. The number of hydrogen-bond acceptors (Lipinski definition) is 8. The van der Waals surface area contributed by atoms with Crippen LogP contribution < -0.4 is 0 Å². The lowest BCUT2D eigenvalue weighted by atomic mass is 10.1. The Kier molecular flexibility index (Phi) is 8.18. The third-order valence-electron chi connectivity index (χ3n) is 5.20. The minimum Gasteiger partial charge on any atom is -0.452 e. The Hall–Kier alpha value is -2.98. The van der Waals surface area contributed by atoms with Crippen molar-refractivity contribution in [2.45, 2.75) is 26.1 Å². The molecule has 0 N–H and O–H groups in total. The summed E-state index contributed by atoms with van der Waals surface area (Å²) in [4.78, 5) is 51.9. The molecular formula is C22H28N2O8. The first-order chi connectivity index (χ1) is 15.3. The minimum atomic E-state index is -0.670. The molecule has 10 heteroatoms. The lowest BCUT2D eigenvalue weighted by Crippen LogP contribution is -2.46. The highest BCUT2D eigenvalue weighted by Gasteiger charge is 2.24. The van der Waals surface area contributed by atoms with Gasteiger partial charge in [0.15, 0.2) is 13.2 Å². The molecule has 32 heavy (non-hydrogen) atoms. The van der Waals surface area contributed by atoms with E-state index in [1.807, 2.05) is 13.8 Å². The van der Waals surface area contributed by atoms with E-state index in [1.165, 1.54) is 24.3 Å². The summed E-state index contributed by atoms with van der Waals surface area (Å²) in [5.41, 5.74) is 0.395. The monoisotopic (exact) mass is 448 g/mol. The first kappa shape index (κ1) is 23.7. The van der Waals surface area contributed by atoms with Crippen LogP contribution in [0.3, 0.4) is 0 Å². The Morgan fingerprint density at radius 2 is 1.16 bits per heavy atom. The summed E-state index contributed by atoms with van der Waals surface area (Å²) in [7, 11) is 0. The second-order valence-corrected chi connectivity index (χ2v) is 7.77. The number of benzene rings is 1. The summed E-state index contributed by atoms with van der Waals surface area (Å²) >= 11 is 0. The van der Waals surface area contributed by atoms with Crippen molar-refractivity contribution in [1.29, 1.82) is 0 Å². The van der Waals surface area contributed by atoms with Crippen molar-refractivity contribution in [3.8, 4) is 0 Å². The normalized spacial score (nSPS) is 21.1. The van der Waals surface area contributed by atoms with Crippen LogP contribution in [0, 0.1) is 0 Å². The van der Waals surface area contributed by atoms with Gasteiger partial charge in [0.05, 0.1) is 36.5 Å². The summed E-state index contributed by atoms with van der Waals surface area (Å²) in [6, 6.07) is 5.63. The van der Waals surface area contributed by atoms with Crippen molar-refractivity contribution in [3.05, 3.63) is 35.4 Å². The highest BCUT2D eigenvalue weighted by atomic mass is 16.5. The standard InChI is InChI=1S/C22H28N2O8/c1-15-11-23(7-9-29-15)19(25)13-31-21(27)17-3-5-18(6-4-17)22(28)32-14-20(26)24-8-10-30-16(2)12-24/h3-6,15-16H,7-14H2,1-2H3. The maximum atomic E-state index is 12.2. The first-order valence-corrected chi connectivity index (χ1v) is 10.6. The third kappa shape index (κ3) is 6.51. The van der Waals surface area contributed by atoms with Gasteiger partial charge in [-0.2, -0.15) is 0 Å². The molecule has 0 aromatic heterocycles. The van der Waals surface area contributed by atoms with E-state index in [-0.39, 0.29) is 48.4 Å². The molecule has 10 nitrogen and oxygen atoms in total. The third-order valence-corrected chi connectivity index (χ3v) is 5.20. The summed E-state index contributed by atoms with van der Waals surface area (Å²) in [5.74, 6) is -1.91. The van der Waals surface area contributed by atoms with Gasteiger partial charge in [0, 0.05) is 26.2 Å². The van der Waals surface area contributed by atoms with Crippen LogP contribution in [-0.2, 0) is 28.5 Å². The van der Waals surface area contributed by atoms with Crippen LogP contribution in [0.1, 0.15) is 34.6 Å². The minimum absolute atomic E-state index is 0.0524. The summed E-state index contributed by atoms with van der Waals surface area (Å²) in [5, 5.41) is 0. The molecule has 2 saturated heterocycles. The molecule has 2 atom stereocenters. The molecule has 2 unspecified atom stereocenters. The highest BCUT2D eigenvalue weighted by molar-refractivity contribution is 5.95. The molecule has 0 spiro atoms.